The van der Waals surface area contributed by atoms with E-state index < -0.39 is 0 Å². The Balaban J connectivity index is 3.23. The van der Waals surface area contributed by atoms with E-state index >= 15 is 0 Å². The van der Waals surface area contributed by atoms with Gasteiger partial charge in [-0.1, -0.05) is 6.92 Å². The van der Waals surface area contributed by atoms with Crippen molar-refractivity contribution in [2.75, 3.05) is 26.8 Å². The zero-order chi connectivity index (χ0) is 10.8. The fourth-order valence-electron chi connectivity index (χ4n) is 1.05. The summed E-state index contributed by atoms with van der Waals surface area (Å²) in [7, 11) is 1.64. The number of ether oxygens (including phenoxy) is 1. The number of carbonyl (C=O) groups is 1. The molecule has 0 aromatic rings. The van der Waals surface area contributed by atoms with E-state index in [2.05, 4.69) is 17.6 Å². The third-order valence-electron chi connectivity index (χ3n) is 1.90. The average molecular weight is 202 g/mol. The van der Waals surface area contributed by atoms with E-state index in [1.807, 2.05) is 6.92 Å². The molecule has 0 aromatic carbocycles. The van der Waals surface area contributed by atoms with Crippen molar-refractivity contribution in [1.29, 1.82) is 0 Å². The van der Waals surface area contributed by atoms with Gasteiger partial charge < -0.3 is 15.4 Å². The van der Waals surface area contributed by atoms with E-state index in [9.17, 15) is 4.79 Å². The number of nitrogens with one attached hydrogen (secondary N) is 2. The minimum atomic E-state index is -0.119. The maximum atomic E-state index is 11.1. The molecule has 0 saturated heterocycles. The summed E-state index contributed by atoms with van der Waals surface area (Å²) in [6.45, 7) is 6.35. The molecule has 1 unspecified atom stereocenters. The van der Waals surface area contributed by atoms with Gasteiger partial charge in [0, 0.05) is 20.3 Å². The zero-order valence-corrected chi connectivity index (χ0v) is 9.43. The second-order valence-electron chi connectivity index (χ2n) is 3.26. The van der Waals surface area contributed by atoms with Crippen LogP contribution in [0.3, 0.4) is 0 Å². The van der Waals surface area contributed by atoms with E-state index in [-0.39, 0.29) is 11.9 Å². The topological polar surface area (TPSA) is 50.4 Å². The van der Waals surface area contributed by atoms with E-state index in [1.54, 1.807) is 7.05 Å². The highest BCUT2D eigenvalue weighted by Crippen LogP contribution is 1.86. The van der Waals surface area contributed by atoms with Gasteiger partial charge in [0.15, 0.2) is 0 Å². The molecule has 0 aliphatic carbocycles. The van der Waals surface area contributed by atoms with Crippen molar-refractivity contribution in [2.24, 2.45) is 0 Å². The minimum absolute atomic E-state index is 0.0273. The van der Waals surface area contributed by atoms with Crippen LogP contribution in [0.25, 0.3) is 0 Å². The largest absolute Gasteiger partial charge is 0.381 e. The lowest BCUT2D eigenvalue weighted by atomic mass is 10.3. The van der Waals surface area contributed by atoms with Crippen LogP contribution in [0.4, 0.5) is 0 Å². The number of hydrogen-bond acceptors (Lipinski definition) is 3. The van der Waals surface area contributed by atoms with Crippen molar-refractivity contribution in [3.63, 3.8) is 0 Å². The SMILES string of the molecule is CCCOCCCNC(C)C(=O)NC. The second-order valence-corrected chi connectivity index (χ2v) is 3.26. The summed E-state index contributed by atoms with van der Waals surface area (Å²) in [5.74, 6) is 0.0273. The van der Waals surface area contributed by atoms with Gasteiger partial charge in [-0.2, -0.15) is 0 Å². The molecule has 4 heteroatoms. The minimum Gasteiger partial charge on any atom is -0.381 e. The monoisotopic (exact) mass is 202 g/mol. The van der Waals surface area contributed by atoms with Crippen LogP contribution in [0.15, 0.2) is 0 Å². The number of likely N-dealkylation sites (N-methyl/N-ethyl adjacent to an activating group) is 1. The van der Waals surface area contributed by atoms with Crippen molar-refractivity contribution in [2.45, 2.75) is 32.7 Å². The van der Waals surface area contributed by atoms with E-state index in [4.69, 9.17) is 4.74 Å². The van der Waals surface area contributed by atoms with Gasteiger partial charge in [-0.05, 0) is 26.3 Å². The molecule has 0 spiro atoms. The molecule has 4 nitrogen and oxygen atoms in total. The summed E-state index contributed by atoms with van der Waals surface area (Å²) >= 11 is 0. The Morgan fingerprint density at radius 3 is 2.71 bits per heavy atom. The molecule has 0 rings (SSSR count). The summed E-state index contributed by atoms with van der Waals surface area (Å²) in [4.78, 5) is 11.1. The fourth-order valence-corrected chi connectivity index (χ4v) is 1.05. The van der Waals surface area contributed by atoms with Crippen LogP contribution >= 0.6 is 0 Å². The van der Waals surface area contributed by atoms with Gasteiger partial charge in [-0.3, -0.25) is 4.79 Å². The van der Waals surface area contributed by atoms with Crippen molar-refractivity contribution in [1.82, 2.24) is 10.6 Å². The molecular formula is C10H22N2O2. The summed E-state index contributed by atoms with van der Waals surface area (Å²) in [5.41, 5.74) is 0. The van der Waals surface area contributed by atoms with Gasteiger partial charge in [0.25, 0.3) is 0 Å². The molecule has 0 heterocycles. The first-order valence-electron chi connectivity index (χ1n) is 5.25. The van der Waals surface area contributed by atoms with Crippen LogP contribution in [0, 0.1) is 0 Å². The highest BCUT2D eigenvalue weighted by atomic mass is 16.5. The normalized spacial score (nSPS) is 12.5. The van der Waals surface area contributed by atoms with Crippen LogP contribution < -0.4 is 10.6 Å². The van der Waals surface area contributed by atoms with Gasteiger partial charge in [0.2, 0.25) is 5.91 Å². The Labute approximate surface area is 86.4 Å². The lowest BCUT2D eigenvalue weighted by Gasteiger charge is -2.11. The van der Waals surface area contributed by atoms with Gasteiger partial charge in [-0.15, -0.1) is 0 Å². The Morgan fingerprint density at radius 1 is 1.43 bits per heavy atom. The van der Waals surface area contributed by atoms with E-state index in [0.29, 0.717) is 0 Å². The van der Waals surface area contributed by atoms with Gasteiger partial charge in [0.1, 0.15) is 0 Å². The molecule has 0 aliphatic rings. The summed E-state index contributed by atoms with van der Waals surface area (Å²) in [6.07, 6.45) is 2.00. The lowest BCUT2D eigenvalue weighted by molar-refractivity contribution is -0.122. The molecule has 84 valence electrons. The molecule has 1 amide bonds. The Bertz CT molecular complexity index is 151. The van der Waals surface area contributed by atoms with E-state index in [1.165, 1.54) is 0 Å². The number of carbonyl (C=O) groups excluding carboxylic acids is 1. The summed E-state index contributed by atoms with van der Waals surface area (Å²) in [6, 6.07) is -0.119. The molecule has 14 heavy (non-hydrogen) atoms. The first kappa shape index (κ1) is 13.4. The summed E-state index contributed by atoms with van der Waals surface area (Å²) in [5, 5.41) is 5.71. The molecular weight excluding hydrogens is 180 g/mol. The van der Waals surface area contributed by atoms with Crippen molar-refractivity contribution >= 4 is 5.91 Å². The number of amides is 1. The van der Waals surface area contributed by atoms with Crippen LogP contribution in [0.2, 0.25) is 0 Å². The second kappa shape index (κ2) is 8.97. The smallest absolute Gasteiger partial charge is 0.236 e. The molecule has 0 saturated carbocycles. The highest BCUT2D eigenvalue weighted by molar-refractivity contribution is 5.80. The van der Waals surface area contributed by atoms with Gasteiger partial charge in [-0.25, -0.2) is 0 Å². The first-order chi connectivity index (χ1) is 6.72. The number of hydrogen-bond donors (Lipinski definition) is 2. The molecule has 0 fully saturated rings. The Morgan fingerprint density at radius 2 is 2.14 bits per heavy atom. The lowest BCUT2D eigenvalue weighted by Crippen LogP contribution is -2.41. The maximum absolute atomic E-state index is 11.1. The van der Waals surface area contributed by atoms with Crippen molar-refractivity contribution in [3.8, 4) is 0 Å². The average Bonchev–Trinajstić information content (AvgIpc) is 2.21. The van der Waals surface area contributed by atoms with Crippen molar-refractivity contribution < 1.29 is 9.53 Å². The fraction of sp³-hybridized carbons (Fsp3) is 0.900. The summed E-state index contributed by atoms with van der Waals surface area (Å²) < 4.78 is 5.31. The van der Waals surface area contributed by atoms with E-state index in [0.717, 1.165) is 32.6 Å². The first-order valence-corrected chi connectivity index (χ1v) is 5.25. The standard InChI is InChI=1S/C10H22N2O2/c1-4-7-14-8-5-6-12-9(2)10(13)11-3/h9,12H,4-8H2,1-3H3,(H,11,13). The quantitative estimate of drug-likeness (QED) is 0.564. The van der Waals surface area contributed by atoms with Crippen LogP contribution in [-0.4, -0.2) is 38.8 Å². The molecule has 0 radical (unpaired) electrons. The molecule has 2 N–H and O–H groups in total. The van der Waals surface area contributed by atoms with Gasteiger partial charge in [0.05, 0.1) is 6.04 Å². The molecule has 0 bridgehead atoms. The highest BCUT2D eigenvalue weighted by Gasteiger charge is 2.08. The molecule has 1 atom stereocenters. The predicted octanol–water partition coefficient (Wildman–Crippen LogP) is 0.527. The third kappa shape index (κ3) is 6.86. The Hall–Kier alpha value is -0.610. The predicted molar refractivity (Wildman–Crippen MR) is 57.3 cm³/mol. The van der Waals surface area contributed by atoms with Crippen LogP contribution in [0.1, 0.15) is 26.7 Å². The zero-order valence-electron chi connectivity index (χ0n) is 9.43. The van der Waals surface area contributed by atoms with Gasteiger partial charge >= 0.3 is 0 Å². The van der Waals surface area contributed by atoms with Crippen LogP contribution in [-0.2, 0) is 9.53 Å². The van der Waals surface area contributed by atoms with Crippen LogP contribution in [0.5, 0.6) is 0 Å². The maximum Gasteiger partial charge on any atom is 0.236 e. The Kier molecular flexibility index (Phi) is 8.57. The molecule has 0 aliphatic heterocycles. The molecule has 0 aromatic heterocycles. The van der Waals surface area contributed by atoms with Crippen molar-refractivity contribution in [3.05, 3.63) is 0 Å². The third-order valence-corrected chi connectivity index (χ3v) is 1.90. The number of rotatable bonds is 8.